The van der Waals surface area contributed by atoms with Gasteiger partial charge in [0.25, 0.3) is 0 Å². The Morgan fingerprint density at radius 2 is 1.48 bits per heavy atom. The molecule has 1 amide bonds. The number of Topliss-reactive ketones (excluding diaryl/α,β-unsaturated/α-hetero) is 1. The maximum Gasteiger partial charge on any atom is 0.222 e. The topological polar surface area (TPSA) is 55.8 Å². The van der Waals surface area contributed by atoms with Crippen LogP contribution in [0.4, 0.5) is 0 Å². The Morgan fingerprint density at radius 1 is 0.913 bits per heavy atom. The van der Waals surface area contributed by atoms with Gasteiger partial charge >= 0.3 is 0 Å². The van der Waals surface area contributed by atoms with Crippen LogP contribution in [0.25, 0.3) is 0 Å². The lowest BCUT2D eigenvalue weighted by Crippen LogP contribution is -2.29. The van der Waals surface area contributed by atoms with Gasteiger partial charge in [0.1, 0.15) is 5.78 Å². The quantitative estimate of drug-likeness (QED) is 0.460. The van der Waals surface area contributed by atoms with Crippen molar-refractivity contribution in [3.8, 4) is 0 Å². The first-order valence-corrected chi connectivity index (χ1v) is 8.76. The molecule has 0 aromatic carbocycles. The van der Waals surface area contributed by atoms with Crippen LogP contribution in [0, 0.1) is 11.8 Å². The third-order valence-corrected chi connectivity index (χ3v) is 3.52. The van der Waals surface area contributed by atoms with Crippen molar-refractivity contribution in [1.82, 2.24) is 4.90 Å². The molecule has 23 heavy (non-hydrogen) atoms. The van der Waals surface area contributed by atoms with Gasteiger partial charge in [0, 0.05) is 45.6 Å². The van der Waals surface area contributed by atoms with Gasteiger partial charge < -0.3 is 14.4 Å². The van der Waals surface area contributed by atoms with Gasteiger partial charge in [-0.1, -0.05) is 27.7 Å². The second kappa shape index (κ2) is 13.5. The minimum absolute atomic E-state index is 0.115. The lowest BCUT2D eigenvalue weighted by atomic mass is 10.1. The molecule has 0 radical (unpaired) electrons. The summed E-state index contributed by atoms with van der Waals surface area (Å²) in [7, 11) is 1.84. The summed E-state index contributed by atoms with van der Waals surface area (Å²) in [6, 6.07) is 0. The van der Waals surface area contributed by atoms with Gasteiger partial charge in [-0.05, 0) is 18.8 Å². The number of carbonyl (C=O) groups excluding carboxylic acids is 2. The van der Waals surface area contributed by atoms with E-state index in [0.717, 1.165) is 19.4 Å². The van der Waals surface area contributed by atoms with Crippen molar-refractivity contribution in [2.75, 3.05) is 40.0 Å². The van der Waals surface area contributed by atoms with Crippen molar-refractivity contribution >= 4 is 11.7 Å². The Balaban J connectivity index is 3.37. The normalized spacial score (nSPS) is 11.3. The van der Waals surface area contributed by atoms with Crippen molar-refractivity contribution in [3.63, 3.8) is 0 Å². The van der Waals surface area contributed by atoms with Crippen molar-refractivity contribution in [2.24, 2.45) is 11.8 Å². The highest BCUT2D eigenvalue weighted by atomic mass is 16.5. The van der Waals surface area contributed by atoms with Crippen LogP contribution in [0.15, 0.2) is 0 Å². The molecule has 0 saturated carbocycles. The number of ketones is 1. The zero-order valence-electron chi connectivity index (χ0n) is 15.6. The molecular formula is C18H35NO4. The fraction of sp³-hybridized carbons (Fsp3) is 0.889. The fourth-order valence-corrected chi connectivity index (χ4v) is 1.99. The highest BCUT2D eigenvalue weighted by Gasteiger charge is 2.10. The van der Waals surface area contributed by atoms with Gasteiger partial charge in [-0.15, -0.1) is 0 Å². The van der Waals surface area contributed by atoms with Gasteiger partial charge in [-0.2, -0.15) is 0 Å². The number of hydrogen-bond acceptors (Lipinski definition) is 4. The molecule has 136 valence electrons. The van der Waals surface area contributed by atoms with Crippen molar-refractivity contribution in [3.05, 3.63) is 0 Å². The predicted octanol–water partition coefficient (Wildman–Crippen LogP) is 2.92. The molecule has 0 aliphatic heterocycles. The van der Waals surface area contributed by atoms with Crippen molar-refractivity contribution < 1.29 is 19.1 Å². The zero-order valence-corrected chi connectivity index (χ0v) is 15.6. The third kappa shape index (κ3) is 13.2. The first kappa shape index (κ1) is 22.1. The standard InChI is InChI=1S/C18H35NO4/c1-15(2)14-18(21)19(5)9-7-11-23-13-12-22-10-6-8-17(20)16(3)4/h15-16H,6-14H2,1-5H3. The molecule has 0 aromatic rings. The van der Waals surface area contributed by atoms with E-state index in [1.54, 1.807) is 4.90 Å². The Bertz CT molecular complexity index is 329. The first-order chi connectivity index (χ1) is 10.8. The van der Waals surface area contributed by atoms with Crippen molar-refractivity contribution in [1.29, 1.82) is 0 Å². The number of ether oxygens (including phenoxy) is 2. The number of hydrogen-bond donors (Lipinski definition) is 0. The summed E-state index contributed by atoms with van der Waals surface area (Å²) in [6.45, 7) is 11.0. The van der Waals surface area contributed by atoms with Crippen LogP contribution >= 0.6 is 0 Å². The monoisotopic (exact) mass is 329 g/mol. The maximum atomic E-state index is 11.8. The summed E-state index contributed by atoms with van der Waals surface area (Å²) >= 11 is 0. The van der Waals surface area contributed by atoms with E-state index in [1.165, 1.54) is 0 Å². The van der Waals surface area contributed by atoms with Crippen LogP contribution in [-0.2, 0) is 19.1 Å². The SMILES string of the molecule is CC(C)CC(=O)N(C)CCCOCCOCCCC(=O)C(C)C. The van der Waals surface area contributed by atoms with Crippen LogP contribution < -0.4 is 0 Å². The number of nitrogens with zero attached hydrogens (tertiary/aromatic N) is 1. The van der Waals surface area contributed by atoms with Gasteiger partial charge in [0.05, 0.1) is 13.2 Å². The summed E-state index contributed by atoms with van der Waals surface area (Å²) in [5, 5.41) is 0. The minimum atomic E-state index is 0.115. The molecule has 0 bridgehead atoms. The third-order valence-electron chi connectivity index (χ3n) is 3.52. The maximum absolute atomic E-state index is 11.8. The van der Waals surface area contributed by atoms with Crippen molar-refractivity contribution in [2.45, 2.75) is 53.4 Å². The Labute approximate surface area is 141 Å². The number of amides is 1. The average molecular weight is 329 g/mol. The summed E-state index contributed by atoms with van der Waals surface area (Å²) < 4.78 is 10.9. The van der Waals surface area contributed by atoms with Gasteiger partial charge in [-0.25, -0.2) is 0 Å². The largest absolute Gasteiger partial charge is 0.379 e. The lowest BCUT2D eigenvalue weighted by molar-refractivity contribution is -0.130. The minimum Gasteiger partial charge on any atom is -0.379 e. The van der Waals surface area contributed by atoms with E-state index < -0.39 is 0 Å². The molecule has 0 N–H and O–H groups in total. The molecule has 0 atom stereocenters. The predicted molar refractivity (Wildman–Crippen MR) is 92.4 cm³/mol. The zero-order chi connectivity index (χ0) is 17.7. The van der Waals surface area contributed by atoms with Crippen LogP contribution in [0.5, 0.6) is 0 Å². The molecule has 5 heteroatoms. The Kier molecular flexibility index (Phi) is 12.9. The molecule has 0 spiro atoms. The fourth-order valence-electron chi connectivity index (χ4n) is 1.99. The summed E-state index contributed by atoms with van der Waals surface area (Å²) in [4.78, 5) is 24.9. The average Bonchev–Trinajstić information content (AvgIpc) is 2.47. The molecule has 5 nitrogen and oxygen atoms in total. The van der Waals surface area contributed by atoms with Crippen LogP contribution in [-0.4, -0.2) is 56.6 Å². The van der Waals surface area contributed by atoms with E-state index in [-0.39, 0.29) is 11.8 Å². The Morgan fingerprint density at radius 3 is 2.00 bits per heavy atom. The van der Waals surface area contributed by atoms with Gasteiger partial charge in [0.2, 0.25) is 5.91 Å². The summed E-state index contributed by atoms with van der Waals surface area (Å²) in [5.74, 6) is 0.998. The van der Waals surface area contributed by atoms with E-state index in [9.17, 15) is 9.59 Å². The smallest absolute Gasteiger partial charge is 0.222 e. The lowest BCUT2D eigenvalue weighted by Gasteiger charge is -2.18. The number of carbonyl (C=O) groups is 2. The van der Waals surface area contributed by atoms with E-state index in [4.69, 9.17) is 9.47 Å². The van der Waals surface area contributed by atoms with Crippen LogP contribution in [0.2, 0.25) is 0 Å². The highest BCUT2D eigenvalue weighted by molar-refractivity contribution is 5.80. The Hall–Kier alpha value is -0.940. The second-order valence-electron chi connectivity index (χ2n) is 6.72. The summed E-state index contributed by atoms with van der Waals surface area (Å²) in [5.41, 5.74) is 0. The molecule has 0 fully saturated rings. The molecular weight excluding hydrogens is 294 g/mol. The van der Waals surface area contributed by atoms with Gasteiger partial charge in [0.15, 0.2) is 0 Å². The van der Waals surface area contributed by atoms with E-state index in [2.05, 4.69) is 0 Å². The van der Waals surface area contributed by atoms with Gasteiger partial charge in [-0.3, -0.25) is 9.59 Å². The molecule has 0 heterocycles. The van der Waals surface area contributed by atoms with E-state index in [1.807, 2.05) is 34.7 Å². The van der Waals surface area contributed by atoms with E-state index in [0.29, 0.717) is 51.0 Å². The molecule has 0 rings (SSSR count). The highest BCUT2D eigenvalue weighted by Crippen LogP contribution is 2.03. The second-order valence-corrected chi connectivity index (χ2v) is 6.72. The van der Waals surface area contributed by atoms with Crippen LogP contribution in [0.1, 0.15) is 53.4 Å². The van der Waals surface area contributed by atoms with E-state index >= 15 is 0 Å². The first-order valence-electron chi connectivity index (χ1n) is 8.76. The number of rotatable bonds is 14. The molecule has 0 aliphatic carbocycles. The molecule has 0 saturated heterocycles. The molecule has 0 unspecified atom stereocenters. The van der Waals surface area contributed by atoms with Crippen LogP contribution in [0.3, 0.4) is 0 Å². The molecule has 0 aromatic heterocycles. The summed E-state index contributed by atoms with van der Waals surface area (Å²) in [6.07, 6.45) is 2.81. The molecule has 0 aliphatic rings.